The van der Waals surface area contributed by atoms with Crippen LogP contribution < -0.4 is 10.6 Å². The Bertz CT molecular complexity index is 482. The third kappa shape index (κ3) is 8.01. The lowest BCUT2D eigenvalue weighted by atomic mass is 9.98. The predicted octanol–water partition coefficient (Wildman–Crippen LogP) is 1.24. The second kappa shape index (κ2) is 8.87. The van der Waals surface area contributed by atoms with Gasteiger partial charge in [-0.2, -0.15) is 0 Å². The molecular weight excluding hydrogens is 312 g/mol. The van der Waals surface area contributed by atoms with Crippen LogP contribution in [0, 0.1) is 0 Å². The summed E-state index contributed by atoms with van der Waals surface area (Å²) in [5.41, 5.74) is 0.0774. The number of likely N-dealkylation sites (tertiary alicyclic amines) is 1. The van der Waals surface area contributed by atoms with Gasteiger partial charge in [0.25, 0.3) is 0 Å². The Morgan fingerprint density at radius 2 is 1.87 bits per heavy atom. The number of hydrogen-bond donors (Lipinski definition) is 2. The third-order valence-electron chi connectivity index (χ3n) is 4.43. The number of aliphatic imine (C=N–C) groups is 1. The largest absolute Gasteiger partial charge is 0.355 e. The lowest BCUT2D eigenvalue weighted by Gasteiger charge is -2.41. The summed E-state index contributed by atoms with van der Waals surface area (Å²) >= 11 is 0. The van der Waals surface area contributed by atoms with Gasteiger partial charge in [-0.25, -0.2) is 8.42 Å². The summed E-state index contributed by atoms with van der Waals surface area (Å²) in [6, 6.07) is 0.0639. The summed E-state index contributed by atoms with van der Waals surface area (Å²) in [4.78, 5) is 6.78. The number of hydrogen-bond acceptors (Lipinski definition) is 4. The van der Waals surface area contributed by atoms with E-state index >= 15 is 0 Å². The van der Waals surface area contributed by atoms with Crippen LogP contribution in [0.15, 0.2) is 4.99 Å². The highest BCUT2D eigenvalue weighted by molar-refractivity contribution is 7.90. The molecule has 1 fully saturated rings. The molecule has 1 aliphatic heterocycles. The van der Waals surface area contributed by atoms with Crippen molar-refractivity contribution >= 4 is 15.8 Å². The highest BCUT2D eigenvalue weighted by Gasteiger charge is 2.28. The Balaban J connectivity index is 2.43. The summed E-state index contributed by atoms with van der Waals surface area (Å²) in [6.07, 6.45) is 5.74. The molecule has 1 atom stereocenters. The summed E-state index contributed by atoms with van der Waals surface area (Å²) in [7, 11) is -1.18. The number of piperidine rings is 1. The average molecular weight is 347 g/mol. The van der Waals surface area contributed by atoms with Crippen LogP contribution in [0.3, 0.4) is 0 Å². The van der Waals surface area contributed by atoms with E-state index in [2.05, 4.69) is 34.4 Å². The molecule has 7 heteroatoms. The zero-order valence-electron chi connectivity index (χ0n) is 15.4. The molecule has 0 aromatic rings. The number of nitrogens with zero attached hydrogens (tertiary/aromatic N) is 2. The fourth-order valence-corrected chi connectivity index (χ4v) is 3.58. The summed E-state index contributed by atoms with van der Waals surface area (Å²) < 4.78 is 22.5. The molecule has 0 spiro atoms. The van der Waals surface area contributed by atoms with Crippen molar-refractivity contribution in [1.82, 2.24) is 15.5 Å². The van der Waals surface area contributed by atoms with Crippen molar-refractivity contribution in [3.8, 4) is 0 Å². The molecule has 0 radical (unpaired) electrons. The summed E-state index contributed by atoms with van der Waals surface area (Å²) in [5.74, 6) is 0.924. The zero-order valence-corrected chi connectivity index (χ0v) is 16.2. The summed E-state index contributed by atoms with van der Waals surface area (Å²) in [5, 5.41) is 6.65. The average Bonchev–Trinajstić information content (AvgIpc) is 2.49. The van der Waals surface area contributed by atoms with Crippen molar-refractivity contribution in [2.75, 3.05) is 38.7 Å². The van der Waals surface area contributed by atoms with Crippen molar-refractivity contribution in [2.24, 2.45) is 4.99 Å². The Hall–Kier alpha value is -0.820. The van der Waals surface area contributed by atoms with Gasteiger partial charge in [-0.3, -0.25) is 9.89 Å². The normalized spacial score (nSPS) is 19.4. The number of guanidine groups is 1. The highest BCUT2D eigenvalue weighted by atomic mass is 32.2. The fraction of sp³-hybridized carbons (Fsp3) is 0.938. The van der Waals surface area contributed by atoms with Crippen molar-refractivity contribution < 1.29 is 8.42 Å². The van der Waals surface area contributed by atoms with E-state index in [1.54, 1.807) is 7.05 Å². The van der Waals surface area contributed by atoms with Crippen molar-refractivity contribution in [1.29, 1.82) is 0 Å². The fourth-order valence-electron chi connectivity index (χ4n) is 2.80. The molecule has 1 heterocycles. The van der Waals surface area contributed by atoms with E-state index in [9.17, 15) is 8.42 Å². The monoisotopic (exact) mass is 346 g/mol. The molecule has 1 saturated heterocycles. The van der Waals surface area contributed by atoms with Gasteiger partial charge in [0.05, 0.1) is 5.75 Å². The van der Waals surface area contributed by atoms with E-state index in [1.807, 2.05) is 6.92 Å². The maximum Gasteiger partial charge on any atom is 0.191 e. The van der Waals surface area contributed by atoms with E-state index in [-0.39, 0.29) is 17.3 Å². The van der Waals surface area contributed by atoms with E-state index in [0.29, 0.717) is 6.42 Å². The molecule has 0 amide bonds. The quantitative estimate of drug-likeness (QED) is 0.536. The standard InChI is InChI=1S/C16H34N4O2S/c1-14(9-12-23(5,21)22)19-15(17-4)18-13-16(2,3)20-10-7-6-8-11-20/h14H,6-13H2,1-5H3,(H2,17,18,19). The van der Waals surface area contributed by atoms with Crippen LogP contribution in [-0.2, 0) is 9.84 Å². The van der Waals surface area contributed by atoms with Gasteiger partial charge in [0.2, 0.25) is 0 Å². The minimum Gasteiger partial charge on any atom is -0.355 e. The Morgan fingerprint density at radius 1 is 1.26 bits per heavy atom. The molecule has 1 rings (SSSR count). The number of rotatable bonds is 7. The zero-order chi connectivity index (χ0) is 17.5. The molecule has 23 heavy (non-hydrogen) atoms. The first-order valence-corrected chi connectivity index (χ1v) is 10.6. The Labute approximate surface area is 142 Å². The molecule has 136 valence electrons. The SMILES string of the molecule is CN=C(NCC(C)(C)N1CCCCC1)NC(C)CCS(C)(=O)=O. The first kappa shape index (κ1) is 20.2. The maximum absolute atomic E-state index is 11.2. The maximum atomic E-state index is 11.2. The van der Waals surface area contributed by atoms with Crippen LogP contribution in [0.25, 0.3) is 0 Å². The molecule has 6 nitrogen and oxygen atoms in total. The van der Waals surface area contributed by atoms with Crippen LogP contribution >= 0.6 is 0 Å². The van der Waals surface area contributed by atoms with Gasteiger partial charge in [-0.15, -0.1) is 0 Å². The van der Waals surface area contributed by atoms with Crippen molar-refractivity contribution in [3.63, 3.8) is 0 Å². The van der Waals surface area contributed by atoms with Crippen molar-refractivity contribution in [3.05, 3.63) is 0 Å². The smallest absolute Gasteiger partial charge is 0.191 e. The van der Waals surface area contributed by atoms with Crippen LogP contribution in [-0.4, -0.2) is 69.5 Å². The van der Waals surface area contributed by atoms with Gasteiger partial charge in [-0.05, 0) is 53.1 Å². The Kier molecular flexibility index (Phi) is 7.80. The number of nitrogens with one attached hydrogen (secondary N) is 2. The van der Waals surface area contributed by atoms with Gasteiger partial charge < -0.3 is 10.6 Å². The van der Waals surface area contributed by atoms with E-state index < -0.39 is 9.84 Å². The minimum atomic E-state index is -2.92. The van der Waals surface area contributed by atoms with Crippen LogP contribution in [0.1, 0.15) is 46.5 Å². The topological polar surface area (TPSA) is 73.8 Å². The minimum absolute atomic E-state index is 0.0639. The lowest BCUT2D eigenvalue weighted by molar-refractivity contribution is 0.0982. The first-order chi connectivity index (χ1) is 10.6. The van der Waals surface area contributed by atoms with Crippen LogP contribution in [0.2, 0.25) is 0 Å². The van der Waals surface area contributed by atoms with Crippen LogP contribution in [0.5, 0.6) is 0 Å². The Morgan fingerprint density at radius 3 is 2.39 bits per heavy atom. The molecule has 1 aliphatic rings. The molecule has 0 bridgehead atoms. The third-order valence-corrected chi connectivity index (χ3v) is 5.41. The van der Waals surface area contributed by atoms with E-state index in [4.69, 9.17) is 0 Å². The summed E-state index contributed by atoms with van der Waals surface area (Å²) in [6.45, 7) is 9.62. The van der Waals surface area contributed by atoms with Gasteiger partial charge in [0.15, 0.2) is 5.96 Å². The molecular formula is C16H34N4O2S. The lowest BCUT2D eigenvalue weighted by Crippen LogP contribution is -2.55. The van der Waals surface area contributed by atoms with Gasteiger partial charge in [-0.1, -0.05) is 6.42 Å². The molecule has 2 N–H and O–H groups in total. The first-order valence-electron chi connectivity index (χ1n) is 8.54. The molecule has 0 aromatic carbocycles. The molecule has 0 aromatic heterocycles. The molecule has 0 saturated carbocycles. The van der Waals surface area contributed by atoms with Gasteiger partial charge in [0.1, 0.15) is 9.84 Å². The van der Waals surface area contributed by atoms with Gasteiger partial charge in [0, 0.05) is 31.4 Å². The van der Waals surface area contributed by atoms with Crippen molar-refractivity contribution in [2.45, 2.75) is 58.0 Å². The van der Waals surface area contributed by atoms with Gasteiger partial charge >= 0.3 is 0 Å². The number of sulfone groups is 1. The second-order valence-electron chi connectivity index (χ2n) is 7.25. The molecule has 1 unspecified atom stereocenters. The highest BCUT2D eigenvalue weighted by Crippen LogP contribution is 2.19. The molecule has 0 aliphatic carbocycles. The second-order valence-corrected chi connectivity index (χ2v) is 9.51. The van der Waals surface area contributed by atoms with E-state index in [1.165, 1.54) is 25.5 Å². The predicted molar refractivity (Wildman–Crippen MR) is 97.8 cm³/mol. The van der Waals surface area contributed by atoms with Crippen LogP contribution in [0.4, 0.5) is 0 Å². The van der Waals surface area contributed by atoms with E-state index in [0.717, 1.165) is 25.6 Å².